The molecule has 0 bridgehead atoms. The summed E-state index contributed by atoms with van der Waals surface area (Å²) in [7, 11) is -3.17. The number of hydrogen-bond donors (Lipinski definition) is 1. The van der Waals surface area contributed by atoms with Crippen LogP contribution in [0.5, 0.6) is 0 Å². The van der Waals surface area contributed by atoms with Crippen molar-refractivity contribution in [1.82, 2.24) is 10.2 Å². The predicted octanol–water partition coefficient (Wildman–Crippen LogP) is 6.59. The lowest BCUT2D eigenvalue weighted by atomic mass is 10.0. The maximum atomic E-state index is 14.3. The van der Waals surface area contributed by atoms with Gasteiger partial charge >= 0.3 is 6.18 Å². The molecule has 7 nitrogen and oxygen atoms in total. The molecule has 0 aliphatic heterocycles. The lowest BCUT2D eigenvalue weighted by molar-refractivity contribution is -0.139. The van der Waals surface area contributed by atoms with E-state index in [0.717, 1.165) is 12.1 Å². The van der Waals surface area contributed by atoms with Gasteiger partial charge in [0.25, 0.3) is 10.0 Å². The molecule has 236 valence electrons. The minimum absolute atomic E-state index is 0.0481. The second kappa shape index (κ2) is 14.4. The Kier molecular flexibility index (Phi) is 10.8. The van der Waals surface area contributed by atoms with E-state index >= 15 is 0 Å². The second-order valence-electron chi connectivity index (χ2n) is 9.95. The fraction of sp³-hybridized carbons (Fsp3) is 0.188. The SMILES string of the molecule is CNC(=O)[C@@H](Cc1ccccc1)N(Cc1ccc(Cl)cc1Cl)C(=O)CN(c1cccc(C(F)(F)F)c1)S(=O)(=O)c1ccccc1. The molecular formula is C32H28Cl2F3N3O4S. The van der Waals surface area contributed by atoms with Crippen molar-refractivity contribution in [3.8, 4) is 0 Å². The van der Waals surface area contributed by atoms with E-state index < -0.39 is 46.2 Å². The summed E-state index contributed by atoms with van der Waals surface area (Å²) < 4.78 is 69.5. The summed E-state index contributed by atoms with van der Waals surface area (Å²) in [4.78, 5) is 28.5. The molecule has 2 amide bonds. The second-order valence-corrected chi connectivity index (χ2v) is 12.7. The maximum absolute atomic E-state index is 14.3. The normalized spacial score (nSPS) is 12.3. The molecule has 0 saturated heterocycles. The molecule has 0 saturated carbocycles. The Bertz CT molecular complexity index is 1760. The first-order chi connectivity index (χ1) is 21.3. The summed E-state index contributed by atoms with van der Waals surface area (Å²) in [6.45, 7) is -1.16. The van der Waals surface area contributed by atoms with Crippen molar-refractivity contribution in [3.05, 3.63) is 130 Å². The van der Waals surface area contributed by atoms with E-state index in [-0.39, 0.29) is 28.6 Å². The van der Waals surface area contributed by atoms with E-state index in [4.69, 9.17) is 23.2 Å². The fourth-order valence-corrected chi connectivity index (χ4v) is 6.54. The highest BCUT2D eigenvalue weighted by Crippen LogP contribution is 2.33. The smallest absolute Gasteiger partial charge is 0.357 e. The maximum Gasteiger partial charge on any atom is 0.416 e. The van der Waals surface area contributed by atoms with E-state index in [1.54, 1.807) is 48.5 Å². The topological polar surface area (TPSA) is 86.8 Å². The van der Waals surface area contributed by atoms with Gasteiger partial charge in [0.2, 0.25) is 11.8 Å². The number of carbonyl (C=O) groups excluding carboxylic acids is 2. The molecule has 0 radical (unpaired) electrons. The molecule has 0 unspecified atom stereocenters. The predicted molar refractivity (Wildman–Crippen MR) is 167 cm³/mol. The zero-order chi connectivity index (χ0) is 32.8. The molecule has 1 atom stereocenters. The summed E-state index contributed by atoms with van der Waals surface area (Å²) in [5.41, 5.74) is -0.366. The van der Waals surface area contributed by atoms with E-state index in [1.807, 2.05) is 0 Å². The molecule has 0 spiro atoms. The Hall–Kier alpha value is -4.06. The van der Waals surface area contributed by atoms with Crippen LogP contribution in [0.25, 0.3) is 0 Å². The highest BCUT2D eigenvalue weighted by molar-refractivity contribution is 7.92. The number of carbonyl (C=O) groups is 2. The Morgan fingerprint density at radius 2 is 1.51 bits per heavy atom. The van der Waals surface area contributed by atoms with Gasteiger partial charge in [0.1, 0.15) is 12.6 Å². The first kappa shape index (κ1) is 33.8. The van der Waals surface area contributed by atoms with Crippen LogP contribution in [0.4, 0.5) is 18.9 Å². The first-order valence-electron chi connectivity index (χ1n) is 13.5. The molecule has 0 aliphatic carbocycles. The van der Waals surface area contributed by atoms with Crippen LogP contribution in [-0.2, 0) is 38.8 Å². The van der Waals surface area contributed by atoms with Crippen molar-refractivity contribution in [2.75, 3.05) is 17.9 Å². The largest absolute Gasteiger partial charge is 0.416 e. The number of hydrogen-bond acceptors (Lipinski definition) is 4. The number of sulfonamides is 1. The van der Waals surface area contributed by atoms with Gasteiger partial charge in [-0.05, 0) is 53.6 Å². The van der Waals surface area contributed by atoms with Crippen LogP contribution in [0.15, 0.2) is 108 Å². The van der Waals surface area contributed by atoms with Gasteiger partial charge in [-0.25, -0.2) is 8.42 Å². The summed E-state index contributed by atoms with van der Waals surface area (Å²) in [5, 5.41) is 3.08. The van der Waals surface area contributed by atoms with Crippen molar-refractivity contribution in [2.45, 2.75) is 30.1 Å². The third-order valence-corrected chi connectivity index (χ3v) is 9.32. The van der Waals surface area contributed by atoms with Gasteiger partial charge in [0, 0.05) is 30.1 Å². The molecule has 13 heteroatoms. The highest BCUT2D eigenvalue weighted by atomic mass is 35.5. The number of anilines is 1. The van der Waals surface area contributed by atoms with Crippen LogP contribution in [0.3, 0.4) is 0 Å². The Morgan fingerprint density at radius 3 is 2.11 bits per heavy atom. The summed E-state index contributed by atoms with van der Waals surface area (Å²) in [6.07, 6.45) is -4.73. The van der Waals surface area contributed by atoms with Crippen LogP contribution in [0, 0.1) is 0 Å². The number of alkyl halides is 3. The Balaban J connectivity index is 1.84. The molecule has 0 aliphatic rings. The lowest BCUT2D eigenvalue weighted by Gasteiger charge is -2.34. The summed E-state index contributed by atoms with van der Waals surface area (Å²) in [5.74, 6) is -1.41. The fourth-order valence-electron chi connectivity index (χ4n) is 4.64. The monoisotopic (exact) mass is 677 g/mol. The highest BCUT2D eigenvalue weighted by Gasteiger charge is 2.36. The number of nitrogens with zero attached hydrogens (tertiary/aromatic N) is 2. The van der Waals surface area contributed by atoms with Crippen LogP contribution in [-0.4, -0.2) is 44.8 Å². The standard InChI is InChI=1S/C32H28Cl2F3N3O4S/c1-38-31(42)29(17-22-9-4-2-5-10-22)39(20-23-15-16-25(33)19-28(23)34)30(41)21-40(45(43,44)27-13-6-3-7-14-27)26-12-8-11-24(18-26)32(35,36)37/h2-16,18-19,29H,17,20-21H2,1H3,(H,38,42)/t29-/m1/s1. The zero-order valence-electron chi connectivity index (χ0n) is 23.8. The molecule has 0 heterocycles. The van der Waals surface area contributed by atoms with E-state index in [9.17, 15) is 31.2 Å². The molecule has 4 aromatic rings. The van der Waals surface area contributed by atoms with Gasteiger partial charge < -0.3 is 10.2 Å². The zero-order valence-corrected chi connectivity index (χ0v) is 26.2. The van der Waals surface area contributed by atoms with Crippen LogP contribution >= 0.6 is 23.2 Å². The van der Waals surface area contributed by atoms with Crippen molar-refractivity contribution in [3.63, 3.8) is 0 Å². The van der Waals surface area contributed by atoms with Gasteiger partial charge in [-0.1, -0.05) is 83.9 Å². The molecule has 4 aromatic carbocycles. The minimum atomic E-state index is -4.78. The third kappa shape index (κ3) is 8.36. The summed E-state index contributed by atoms with van der Waals surface area (Å²) in [6, 6.07) is 23.0. The number of rotatable bonds is 11. The first-order valence-corrected chi connectivity index (χ1v) is 15.7. The van der Waals surface area contributed by atoms with Crippen LogP contribution in [0.1, 0.15) is 16.7 Å². The number of halogens is 5. The molecular weight excluding hydrogens is 650 g/mol. The van der Waals surface area contributed by atoms with Gasteiger partial charge in [0.15, 0.2) is 0 Å². The molecule has 0 fully saturated rings. The summed E-state index contributed by atoms with van der Waals surface area (Å²) >= 11 is 12.5. The quantitative estimate of drug-likeness (QED) is 0.194. The van der Waals surface area contributed by atoms with E-state index in [2.05, 4.69) is 5.32 Å². The molecule has 45 heavy (non-hydrogen) atoms. The van der Waals surface area contributed by atoms with Crippen molar-refractivity contribution in [1.29, 1.82) is 0 Å². The number of benzene rings is 4. The number of amides is 2. The van der Waals surface area contributed by atoms with Crippen LogP contribution < -0.4 is 9.62 Å². The van der Waals surface area contributed by atoms with E-state index in [1.165, 1.54) is 48.3 Å². The Labute approximate surface area is 269 Å². The molecule has 1 N–H and O–H groups in total. The van der Waals surface area contributed by atoms with Gasteiger partial charge in [0.05, 0.1) is 16.1 Å². The average molecular weight is 679 g/mol. The lowest BCUT2D eigenvalue weighted by Crippen LogP contribution is -2.53. The third-order valence-electron chi connectivity index (χ3n) is 6.94. The minimum Gasteiger partial charge on any atom is -0.357 e. The van der Waals surface area contributed by atoms with Gasteiger partial charge in [-0.3, -0.25) is 13.9 Å². The molecule has 4 rings (SSSR count). The van der Waals surface area contributed by atoms with Crippen LogP contribution in [0.2, 0.25) is 10.0 Å². The van der Waals surface area contributed by atoms with Crippen molar-refractivity contribution < 1.29 is 31.2 Å². The molecule has 0 aromatic heterocycles. The Morgan fingerprint density at radius 1 is 0.867 bits per heavy atom. The van der Waals surface area contributed by atoms with Crippen molar-refractivity contribution >= 4 is 50.7 Å². The van der Waals surface area contributed by atoms with Gasteiger partial charge in [-0.2, -0.15) is 13.2 Å². The average Bonchev–Trinajstić information content (AvgIpc) is 3.02. The van der Waals surface area contributed by atoms with Gasteiger partial charge in [-0.15, -0.1) is 0 Å². The van der Waals surface area contributed by atoms with E-state index in [0.29, 0.717) is 26.5 Å². The number of likely N-dealkylation sites (N-methyl/N-ethyl adjacent to an activating group) is 1. The van der Waals surface area contributed by atoms with Crippen molar-refractivity contribution in [2.24, 2.45) is 0 Å². The number of nitrogens with one attached hydrogen (secondary N) is 1.